The number of carbonyl (C=O) groups excluding carboxylic acids is 2. The van der Waals surface area contributed by atoms with E-state index >= 15 is 0 Å². The van der Waals surface area contributed by atoms with Crippen molar-refractivity contribution in [2.75, 3.05) is 22.9 Å². The van der Waals surface area contributed by atoms with Crippen LogP contribution in [0.2, 0.25) is 5.02 Å². The summed E-state index contributed by atoms with van der Waals surface area (Å²) in [5.41, 5.74) is 0.526. The zero-order valence-corrected chi connectivity index (χ0v) is 20.1. The highest BCUT2D eigenvalue weighted by Gasteiger charge is 2.42. The summed E-state index contributed by atoms with van der Waals surface area (Å²) in [5, 5.41) is -0.0407. The molecule has 11 heteroatoms. The van der Waals surface area contributed by atoms with E-state index < -0.39 is 29.6 Å². The van der Waals surface area contributed by atoms with E-state index in [0.29, 0.717) is 5.56 Å². The number of amides is 1. The summed E-state index contributed by atoms with van der Waals surface area (Å²) in [7, 11) is 0. The Balaban J connectivity index is 2.00. The van der Waals surface area contributed by atoms with E-state index in [1.807, 2.05) is 18.7 Å². The Morgan fingerprint density at radius 1 is 1.00 bits per heavy atom. The van der Waals surface area contributed by atoms with Crippen LogP contribution < -0.4 is 14.5 Å². The zero-order chi connectivity index (χ0) is 26.5. The number of hydrogen-bond donors (Lipinski definition) is 0. The number of alkyl halides is 3. The third-order valence-corrected chi connectivity index (χ3v) is 5.46. The van der Waals surface area contributed by atoms with E-state index in [2.05, 4.69) is 9.72 Å². The topological polar surface area (TPSA) is 62.7 Å². The van der Waals surface area contributed by atoms with Gasteiger partial charge in [-0.2, -0.15) is 13.2 Å². The average molecular weight is 524 g/mol. The van der Waals surface area contributed by atoms with Gasteiger partial charge in [-0.1, -0.05) is 17.7 Å². The Labute approximate surface area is 210 Å². The molecule has 0 aliphatic carbocycles. The fraction of sp³-hybridized carbons (Fsp3) is 0.240. The molecule has 190 valence electrons. The smallest absolute Gasteiger partial charge is 0.419 e. The molecule has 0 aliphatic rings. The van der Waals surface area contributed by atoms with Crippen molar-refractivity contribution in [3.05, 3.63) is 82.8 Å². The molecule has 0 saturated carbocycles. The normalized spacial score (nSPS) is 11.2. The van der Waals surface area contributed by atoms with Crippen molar-refractivity contribution in [1.29, 1.82) is 0 Å². The highest BCUT2D eigenvalue weighted by molar-refractivity contribution is 6.31. The number of anilines is 2. The first-order valence-corrected chi connectivity index (χ1v) is 11.3. The minimum atomic E-state index is -5.28. The fourth-order valence-corrected chi connectivity index (χ4v) is 3.55. The lowest BCUT2D eigenvalue weighted by Crippen LogP contribution is -2.32. The maximum Gasteiger partial charge on any atom is 0.491 e. The maximum atomic E-state index is 13.6. The monoisotopic (exact) mass is 523 g/mol. The van der Waals surface area contributed by atoms with Gasteiger partial charge in [0.15, 0.2) is 0 Å². The second-order valence-electron chi connectivity index (χ2n) is 7.59. The van der Waals surface area contributed by atoms with E-state index in [0.717, 1.165) is 43.2 Å². The van der Waals surface area contributed by atoms with Gasteiger partial charge in [-0.05, 0) is 61.9 Å². The molecule has 3 aromatic rings. The van der Waals surface area contributed by atoms with Gasteiger partial charge in [0.2, 0.25) is 0 Å². The van der Waals surface area contributed by atoms with Crippen molar-refractivity contribution in [3.63, 3.8) is 0 Å². The molecule has 1 aromatic heterocycles. The van der Waals surface area contributed by atoms with Gasteiger partial charge in [0.1, 0.15) is 17.4 Å². The standard InChI is InChI=1S/C25H22ClF4N3O3/c1-3-32(4-2)22-12-5-16(14-31-22)15-33(19-9-7-18(27)8-10-19)23(34)20-11-6-17(26)13-21(20)36-24(35)25(28,29)30/h5-14H,3-4,15H2,1-2H3. The molecule has 0 unspecified atom stereocenters. The van der Waals surface area contributed by atoms with E-state index in [1.165, 1.54) is 23.1 Å². The van der Waals surface area contributed by atoms with E-state index in [4.69, 9.17) is 11.6 Å². The van der Waals surface area contributed by atoms with Crippen molar-refractivity contribution in [2.45, 2.75) is 26.6 Å². The van der Waals surface area contributed by atoms with Crippen LogP contribution in [0.3, 0.4) is 0 Å². The Kier molecular flexibility index (Phi) is 8.52. The molecule has 0 N–H and O–H groups in total. The summed E-state index contributed by atoms with van der Waals surface area (Å²) in [5.74, 6) is -3.75. The summed E-state index contributed by atoms with van der Waals surface area (Å²) >= 11 is 5.88. The third-order valence-electron chi connectivity index (χ3n) is 5.23. The number of hydrogen-bond acceptors (Lipinski definition) is 5. The molecular weight excluding hydrogens is 502 g/mol. The van der Waals surface area contributed by atoms with Crippen molar-refractivity contribution >= 4 is 35.0 Å². The van der Waals surface area contributed by atoms with Crippen LogP contribution in [-0.4, -0.2) is 36.1 Å². The predicted octanol–water partition coefficient (Wildman–Crippen LogP) is 6.04. The van der Waals surface area contributed by atoms with Crippen molar-refractivity contribution < 1.29 is 31.9 Å². The molecule has 3 rings (SSSR count). The first kappa shape index (κ1) is 26.9. The number of rotatable bonds is 8. The summed E-state index contributed by atoms with van der Waals surface area (Å²) in [6.07, 6.45) is -3.71. The highest BCUT2D eigenvalue weighted by Crippen LogP contribution is 2.30. The van der Waals surface area contributed by atoms with Crippen LogP contribution in [0.5, 0.6) is 5.75 Å². The molecule has 6 nitrogen and oxygen atoms in total. The number of aromatic nitrogens is 1. The Bertz CT molecular complexity index is 1210. The largest absolute Gasteiger partial charge is 0.491 e. The van der Waals surface area contributed by atoms with Crippen LogP contribution >= 0.6 is 11.6 Å². The molecule has 0 spiro atoms. The number of carbonyl (C=O) groups is 2. The maximum absolute atomic E-state index is 13.6. The lowest BCUT2D eigenvalue weighted by Gasteiger charge is -2.25. The number of pyridine rings is 1. The second kappa shape index (κ2) is 11.4. The minimum absolute atomic E-state index is 0.0407. The van der Waals surface area contributed by atoms with Gasteiger partial charge in [-0.25, -0.2) is 14.2 Å². The summed E-state index contributed by atoms with van der Waals surface area (Å²) < 4.78 is 56.4. The quantitative estimate of drug-likeness (QED) is 0.205. The number of halogens is 5. The van der Waals surface area contributed by atoms with E-state index in [9.17, 15) is 27.2 Å². The van der Waals surface area contributed by atoms with Crippen LogP contribution in [0.15, 0.2) is 60.8 Å². The van der Waals surface area contributed by atoms with Gasteiger partial charge < -0.3 is 14.5 Å². The predicted molar refractivity (Wildman–Crippen MR) is 128 cm³/mol. The van der Waals surface area contributed by atoms with E-state index in [1.54, 1.807) is 18.3 Å². The second-order valence-corrected chi connectivity index (χ2v) is 8.03. The van der Waals surface area contributed by atoms with Gasteiger partial charge in [0.25, 0.3) is 5.91 Å². The minimum Gasteiger partial charge on any atom is -0.419 e. The van der Waals surface area contributed by atoms with Gasteiger partial charge >= 0.3 is 12.1 Å². The van der Waals surface area contributed by atoms with Gasteiger partial charge in [0.05, 0.1) is 12.1 Å². The number of esters is 1. The SMILES string of the molecule is CCN(CC)c1ccc(CN(C(=O)c2ccc(Cl)cc2OC(=O)C(F)(F)F)c2ccc(F)cc2)cn1. The van der Waals surface area contributed by atoms with Gasteiger partial charge in [-0.3, -0.25) is 4.79 Å². The fourth-order valence-electron chi connectivity index (χ4n) is 3.39. The number of nitrogens with zero attached hydrogens (tertiary/aromatic N) is 3. The lowest BCUT2D eigenvalue weighted by atomic mass is 10.1. The van der Waals surface area contributed by atoms with Crippen LogP contribution in [0, 0.1) is 5.82 Å². The van der Waals surface area contributed by atoms with Crippen LogP contribution in [-0.2, 0) is 11.3 Å². The van der Waals surface area contributed by atoms with Crippen molar-refractivity contribution in [1.82, 2.24) is 4.98 Å². The first-order valence-electron chi connectivity index (χ1n) is 10.9. The Morgan fingerprint density at radius 3 is 2.22 bits per heavy atom. The molecule has 1 heterocycles. The van der Waals surface area contributed by atoms with Gasteiger partial charge in [-0.15, -0.1) is 0 Å². The lowest BCUT2D eigenvalue weighted by molar-refractivity contribution is -0.189. The molecule has 0 saturated heterocycles. The van der Waals surface area contributed by atoms with Crippen molar-refractivity contribution in [2.24, 2.45) is 0 Å². The first-order chi connectivity index (χ1) is 17.0. The molecule has 36 heavy (non-hydrogen) atoms. The summed E-state index contributed by atoms with van der Waals surface area (Å²) in [6, 6.07) is 11.9. The molecule has 2 aromatic carbocycles. The number of ether oxygens (including phenoxy) is 1. The molecule has 0 bridgehead atoms. The molecule has 0 atom stereocenters. The molecule has 0 fully saturated rings. The Hall–Kier alpha value is -3.66. The molecule has 0 aliphatic heterocycles. The van der Waals surface area contributed by atoms with Gasteiger partial charge in [0, 0.05) is 36.1 Å². The average Bonchev–Trinajstić information content (AvgIpc) is 2.84. The molecule has 1 amide bonds. The highest BCUT2D eigenvalue weighted by atomic mass is 35.5. The van der Waals surface area contributed by atoms with Crippen LogP contribution in [0.4, 0.5) is 29.1 Å². The summed E-state index contributed by atoms with van der Waals surface area (Å²) in [4.78, 5) is 32.7. The Morgan fingerprint density at radius 2 is 1.67 bits per heavy atom. The summed E-state index contributed by atoms with van der Waals surface area (Å²) in [6.45, 7) is 5.43. The van der Waals surface area contributed by atoms with E-state index in [-0.39, 0.29) is 22.8 Å². The molecular formula is C25H22ClF4N3O3. The number of benzene rings is 2. The zero-order valence-electron chi connectivity index (χ0n) is 19.4. The van der Waals surface area contributed by atoms with Crippen molar-refractivity contribution in [3.8, 4) is 5.75 Å². The third kappa shape index (κ3) is 6.51. The van der Waals surface area contributed by atoms with Crippen LogP contribution in [0.1, 0.15) is 29.8 Å². The van der Waals surface area contributed by atoms with Crippen LogP contribution in [0.25, 0.3) is 0 Å². The molecule has 0 radical (unpaired) electrons.